The molecule has 0 radical (unpaired) electrons. The lowest BCUT2D eigenvalue weighted by Gasteiger charge is -2.09. The van der Waals surface area contributed by atoms with Gasteiger partial charge in [0.2, 0.25) is 10.0 Å². The molecule has 0 saturated heterocycles. The Bertz CT molecular complexity index is 495. The summed E-state index contributed by atoms with van der Waals surface area (Å²) >= 11 is 0. The van der Waals surface area contributed by atoms with E-state index in [2.05, 4.69) is 4.72 Å². The third-order valence-corrected chi connectivity index (χ3v) is 4.33. The van der Waals surface area contributed by atoms with Gasteiger partial charge in [-0.15, -0.1) is 0 Å². The van der Waals surface area contributed by atoms with Gasteiger partial charge in [0, 0.05) is 6.07 Å². The Morgan fingerprint density at radius 2 is 2.12 bits per heavy atom. The van der Waals surface area contributed by atoms with Crippen molar-refractivity contribution < 1.29 is 13.2 Å². The molecule has 1 aliphatic carbocycles. The van der Waals surface area contributed by atoms with Gasteiger partial charge in [-0.05, 0) is 25.0 Å². The fourth-order valence-electron chi connectivity index (χ4n) is 1.40. The zero-order valence-corrected chi connectivity index (χ0v) is 9.75. The summed E-state index contributed by atoms with van der Waals surface area (Å²) in [6, 6.07) is 4.82. The summed E-state index contributed by atoms with van der Waals surface area (Å²) in [5.74, 6) is 0.469. The highest BCUT2D eigenvalue weighted by Gasteiger charge is 2.35. The highest BCUT2D eigenvalue weighted by atomic mass is 32.2. The van der Waals surface area contributed by atoms with E-state index < -0.39 is 10.0 Å². The molecule has 1 aromatic carbocycles. The van der Waals surface area contributed by atoms with E-state index in [9.17, 15) is 8.42 Å². The monoisotopic (exact) mass is 242 g/mol. The predicted octanol–water partition coefficient (Wildman–Crippen LogP) is 1.18. The van der Waals surface area contributed by atoms with E-state index in [4.69, 9.17) is 10.5 Å². The van der Waals surface area contributed by atoms with Crippen LogP contribution in [0.1, 0.15) is 12.8 Å². The van der Waals surface area contributed by atoms with Crippen LogP contribution in [0.15, 0.2) is 18.2 Å². The molecule has 1 fully saturated rings. The molecular weight excluding hydrogens is 228 g/mol. The molecule has 5 nitrogen and oxygen atoms in total. The fraction of sp³-hybridized carbons (Fsp3) is 0.400. The normalized spacial score (nSPS) is 15.8. The first-order valence-electron chi connectivity index (χ1n) is 4.98. The zero-order valence-electron chi connectivity index (χ0n) is 8.93. The van der Waals surface area contributed by atoms with Crippen molar-refractivity contribution in [2.45, 2.75) is 18.1 Å². The van der Waals surface area contributed by atoms with E-state index in [1.807, 2.05) is 0 Å². The lowest BCUT2D eigenvalue weighted by Crippen LogP contribution is -2.17. The van der Waals surface area contributed by atoms with Gasteiger partial charge in [-0.25, -0.2) is 8.42 Å². The Kier molecular flexibility index (Phi) is 2.67. The highest BCUT2D eigenvalue weighted by Crippen LogP contribution is 2.31. The van der Waals surface area contributed by atoms with E-state index in [1.54, 1.807) is 18.2 Å². The van der Waals surface area contributed by atoms with Crippen LogP contribution < -0.4 is 15.2 Å². The minimum atomic E-state index is -3.22. The zero-order chi connectivity index (χ0) is 11.8. The minimum absolute atomic E-state index is 0.240. The molecule has 1 aliphatic rings. The summed E-state index contributed by atoms with van der Waals surface area (Å²) in [5.41, 5.74) is 6.60. The smallest absolute Gasteiger partial charge is 0.235 e. The number of nitrogen functional groups attached to an aromatic ring is 1. The van der Waals surface area contributed by atoms with Gasteiger partial charge in [0.1, 0.15) is 5.75 Å². The van der Waals surface area contributed by atoms with Gasteiger partial charge in [-0.3, -0.25) is 4.72 Å². The van der Waals surface area contributed by atoms with Crippen molar-refractivity contribution in [1.82, 2.24) is 0 Å². The average Bonchev–Trinajstić information content (AvgIpc) is 3.04. The van der Waals surface area contributed by atoms with Crippen LogP contribution in [0.25, 0.3) is 0 Å². The molecule has 0 amide bonds. The van der Waals surface area contributed by atoms with E-state index in [-0.39, 0.29) is 5.25 Å². The maximum Gasteiger partial charge on any atom is 0.235 e. The summed E-state index contributed by atoms with van der Waals surface area (Å²) < 4.78 is 30.9. The molecule has 0 aliphatic heterocycles. The number of ether oxygens (including phenoxy) is 1. The van der Waals surface area contributed by atoms with Gasteiger partial charge in [0.15, 0.2) is 0 Å². The molecule has 0 bridgehead atoms. The van der Waals surface area contributed by atoms with Gasteiger partial charge < -0.3 is 10.5 Å². The molecule has 6 heteroatoms. The first kappa shape index (κ1) is 11.1. The highest BCUT2D eigenvalue weighted by molar-refractivity contribution is 7.93. The summed E-state index contributed by atoms with van der Waals surface area (Å²) in [5, 5.41) is -0.240. The second-order valence-electron chi connectivity index (χ2n) is 3.80. The molecule has 0 aromatic heterocycles. The van der Waals surface area contributed by atoms with E-state index in [0.29, 0.717) is 17.1 Å². The van der Waals surface area contributed by atoms with Crippen LogP contribution in [0.2, 0.25) is 0 Å². The summed E-state index contributed by atoms with van der Waals surface area (Å²) in [6.07, 6.45) is 1.48. The molecule has 0 heterocycles. The lowest BCUT2D eigenvalue weighted by atomic mass is 10.3. The molecule has 2 rings (SSSR count). The molecule has 88 valence electrons. The van der Waals surface area contributed by atoms with Gasteiger partial charge >= 0.3 is 0 Å². The van der Waals surface area contributed by atoms with Crippen molar-refractivity contribution in [1.29, 1.82) is 0 Å². The molecule has 0 unspecified atom stereocenters. The van der Waals surface area contributed by atoms with Gasteiger partial charge in [0.05, 0.1) is 23.7 Å². The molecule has 1 aromatic rings. The molecule has 0 spiro atoms. The number of hydrogen-bond donors (Lipinski definition) is 2. The number of methoxy groups -OCH3 is 1. The van der Waals surface area contributed by atoms with Crippen LogP contribution in [0.3, 0.4) is 0 Å². The Balaban J connectivity index is 2.21. The van der Waals surface area contributed by atoms with Crippen molar-refractivity contribution in [3.05, 3.63) is 18.2 Å². The number of nitrogens with two attached hydrogens (primary N) is 1. The maximum atomic E-state index is 11.7. The fourth-order valence-corrected chi connectivity index (χ4v) is 2.78. The molecule has 1 saturated carbocycles. The van der Waals surface area contributed by atoms with Crippen LogP contribution in [0, 0.1) is 0 Å². The van der Waals surface area contributed by atoms with Crippen molar-refractivity contribution in [2.75, 3.05) is 17.6 Å². The number of rotatable bonds is 4. The van der Waals surface area contributed by atoms with Gasteiger partial charge in [-0.1, -0.05) is 0 Å². The molecule has 3 N–H and O–H groups in total. The quantitative estimate of drug-likeness (QED) is 0.777. The van der Waals surface area contributed by atoms with Crippen LogP contribution >= 0.6 is 0 Å². The number of anilines is 2. The number of nitrogens with one attached hydrogen (secondary N) is 1. The second kappa shape index (κ2) is 3.86. The Hall–Kier alpha value is -1.43. The van der Waals surface area contributed by atoms with Crippen molar-refractivity contribution in [2.24, 2.45) is 0 Å². The minimum Gasteiger partial charge on any atom is -0.495 e. The van der Waals surface area contributed by atoms with Crippen LogP contribution in [0.4, 0.5) is 11.4 Å². The van der Waals surface area contributed by atoms with Crippen molar-refractivity contribution in [3.63, 3.8) is 0 Å². The van der Waals surface area contributed by atoms with Crippen LogP contribution in [-0.2, 0) is 10.0 Å². The lowest BCUT2D eigenvalue weighted by molar-refractivity contribution is 0.417. The standard InChI is InChI=1S/C10H14N2O3S/c1-15-10-6-7(2-5-9(10)11)12-16(13,14)8-3-4-8/h2,5-6,8,12H,3-4,11H2,1H3. The van der Waals surface area contributed by atoms with E-state index in [1.165, 1.54) is 7.11 Å². The average molecular weight is 242 g/mol. The van der Waals surface area contributed by atoms with E-state index >= 15 is 0 Å². The van der Waals surface area contributed by atoms with Gasteiger partial charge in [0.25, 0.3) is 0 Å². The maximum absolute atomic E-state index is 11.7. The largest absolute Gasteiger partial charge is 0.495 e. The number of hydrogen-bond acceptors (Lipinski definition) is 4. The molecule has 16 heavy (non-hydrogen) atoms. The number of sulfonamides is 1. The first-order valence-corrected chi connectivity index (χ1v) is 6.53. The first-order chi connectivity index (χ1) is 7.53. The van der Waals surface area contributed by atoms with Gasteiger partial charge in [-0.2, -0.15) is 0 Å². The van der Waals surface area contributed by atoms with Crippen molar-refractivity contribution in [3.8, 4) is 5.75 Å². The molecular formula is C10H14N2O3S. The van der Waals surface area contributed by atoms with Crippen LogP contribution in [0.5, 0.6) is 5.75 Å². The topological polar surface area (TPSA) is 81.4 Å². The Morgan fingerprint density at radius 1 is 1.44 bits per heavy atom. The predicted molar refractivity (Wildman–Crippen MR) is 63.0 cm³/mol. The third kappa shape index (κ3) is 2.21. The van der Waals surface area contributed by atoms with E-state index in [0.717, 1.165) is 12.8 Å². The summed E-state index contributed by atoms with van der Waals surface area (Å²) in [4.78, 5) is 0. The SMILES string of the molecule is COc1cc(NS(=O)(=O)C2CC2)ccc1N. The summed E-state index contributed by atoms with van der Waals surface area (Å²) in [7, 11) is -1.73. The third-order valence-electron chi connectivity index (χ3n) is 2.46. The number of benzene rings is 1. The Labute approximate surface area is 94.6 Å². The Morgan fingerprint density at radius 3 is 2.69 bits per heavy atom. The second-order valence-corrected chi connectivity index (χ2v) is 5.76. The summed E-state index contributed by atoms with van der Waals surface area (Å²) in [6.45, 7) is 0. The molecule has 0 atom stereocenters. The van der Waals surface area contributed by atoms with Crippen LogP contribution in [-0.4, -0.2) is 20.8 Å². The van der Waals surface area contributed by atoms with Crippen molar-refractivity contribution >= 4 is 21.4 Å².